The zero-order valence-electron chi connectivity index (χ0n) is 20.8. The monoisotopic (exact) mass is 479 g/mol. The molecule has 4 rings (SSSR count). The predicted molar refractivity (Wildman–Crippen MR) is 136 cm³/mol. The van der Waals surface area contributed by atoms with Gasteiger partial charge in [0.15, 0.2) is 0 Å². The number of ether oxygens (including phenoxy) is 2. The van der Waals surface area contributed by atoms with E-state index in [-0.39, 0.29) is 5.41 Å². The van der Waals surface area contributed by atoms with Crippen molar-refractivity contribution in [1.82, 2.24) is 14.7 Å². The first-order valence-corrected chi connectivity index (χ1v) is 11.9. The molecule has 0 radical (unpaired) electrons. The molecule has 35 heavy (non-hydrogen) atoms. The van der Waals surface area contributed by atoms with E-state index < -0.39 is 11.9 Å². The van der Waals surface area contributed by atoms with E-state index in [9.17, 15) is 9.70 Å². The molecule has 0 aliphatic carbocycles. The average Bonchev–Trinajstić information content (AvgIpc) is 3.23. The number of rotatable bonds is 8. The fourth-order valence-electron chi connectivity index (χ4n) is 4.16. The van der Waals surface area contributed by atoms with Gasteiger partial charge in [0.25, 0.3) is 5.91 Å². The summed E-state index contributed by atoms with van der Waals surface area (Å²) in [4.78, 5) is 27.2. The van der Waals surface area contributed by atoms with E-state index in [1.54, 1.807) is 23.9 Å². The van der Waals surface area contributed by atoms with Crippen LogP contribution in [0.15, 0.2) is 47.6 Å². The van der Waals surface area contributed by atoms with Crippen LogP contribution in [0.2, 0.25) is 0 Å². The number of hydrogen-bond acceptors (Lipinski definition) is 7. The van der Waals surface area contributed by atoms with Crippen molar-refractivity contribution in [1.29, 1.82) is 0 Å². The number of hydrogen-bond donors (Lipinski definition) is 1. The Labute approximate surface area is 205 Å². The molecule has 0 saturated carbocycles. The maximum absolute atomic E-state index is 13.1. The first-order chi connectivity index (χ1) is 16.8. The zero-order chi connectivity index (χ0) is 25.0. The number of morpholine rings is 1. The molecule has 186 valence electrons. The number of anilines is 1. The second-order valence-electron chi connectivity index (χ2n) is 9.78. The van der Waals surface area contributed by atoms with Gasteiger partial charge in [-0.15, -0.1) is 4.91 Å². The third-order valence-electron chi connectivity index (χ3n) is 6.23. The summed E-state index contributed by atoms with van der Waals surface area (Å²) in [7, 11) is 1.72. The molecule has 2 heterocycles. The summed E-state index contributed by atoms with van der Waals surface area (Å²) in [5.74, 6) is 0.243. The largest absolute Gasteiger partial charge is 0.492 e. The number of nitrogens with one attached hydrogen (secondary N) is 1. The van der Waals surface area contributed by atoms with Crippen molar-refractivity contribution >= 4 is 22.4 Å². The predicted octanol–water partition coefficient (Wildman–Crippen LogP) is 4.03. The standard InChI is InChI=1S/C26H33N5O4/c1-26(2,3)23-17-21(30(4)28-23)24(29-33)25(32)27-20-9-10-22(19-8-6-5-7-18(19)20)35-16-13-31-11-14-34-15-12-31/h5-10,17,24H,11-16H2,1-4H3,(H,27,32). The number of amides is 1. The van der Waals surface area contributed by atoms with Gasteiger partial charge >= 0.3 is 0 Å². The SMILES string of the molecule is Cn1nc(C(C)(C)C)cc1C(N=O)C(=O)Nc1ccc(OCCN2CCOCC2)c2ccccc12. The first kappa shape index (κ1) is 24.8. The summed E-state index contributed by atoms with van der Waals surface area (Å²) in [6.07, 6.45) is 0. The van der Waals surface area contributed by atoms with Crippen LogP contribution < -0.4 is 10.1 Å². The minimum Gasteiger partial charge on any atom is -0.492 e. The topological polar surface area (TPSA) is 98.0 Å². The van der Waals surface area contributed by atoms with Gasteiger partial charge in [-0.25, -0.2) is 0 Å². The quantitative estimate of drug-likeness (QED) is 0.490. The van der Waals surface area contributed by atoms with Crippen LogP contribution in [-0.2, 0) is 22.0 Å². The zero-order valence-corrected chi connectivity index (χ0v) is 20.8. The lowest BCUT2D eigenvalue weighted by molar-refractivity contribution is -0.117. The fourth-order valence-corrected chi connectivity index (χ4v) is 4.16. The molecule has 0 bridgehead atoms. The molecule has 2 aromatic carbocycles. The van der Waals surface area contributed by atoms with Crippen molar-refractivity contribution in [2.45, 2.75) is 32.2 Å². The third-order valence-corrected chi connectivity index (χ3v) is 6.23. The van der Waals surface area contributed by atoms with Crippen LogP contribution in [0.1, 0.15) is 38.2 Å². The normalized spacial score (nSPS) is 15.7. The van der Waals surface area contributed by atoms with Crippen molar-refractivity contribution in [2.75, 3.05) is 44.8 Å². The molecule has 0 spiro atoms. The molecule has 1 aliphatic heterocycles. The van der Waals surface area contributed by atoms with Crippen LogP contribution in [0.5, 0.6) is 5.75 Å². The summed E-state index contributed by atoms with van der Waals surface area (Å²) in [6.45, 7) is 10.8. The minimum absolute atomic E-state index is 0.215. The smallest absolute Gasteiger partial charge is 0.259 e. The molecule has 1 aliphatic rings. The number of nitrogens with zero attached hydrogens (tertiary/aromatic N) is 4. The molecule has 9 heteroatoms. The van der Waals surface area contributed by atoms with Gasteiger partial charge in [0, 0.05) is 48.6 Å². The molecule has 1 unspecified atom stereocenters. The highest BCUT2D eigenvalue weighted by molar-refractivity contribution is 6.05. The third kappa shape index (κ3) is 5.68. The van der Waals surface area contributed by atoms with Gasteiger partial charge in [0.2, 0.25) is 6.04 Å². The van der Waals surface area contributed by atoms with Crippen molar-refractivity contribution in [3.63, 3.8) is 0 Å². The molecule has 9 nitrogen and oxygen atoms in total. The van der Waals surface area contributed by atoms with Crippen LogP contribution in [0.25, 0.3) is 10.8 Å². The maximum atomic E-state index is 13.1. The Morgan fingerprint density at radius 3 is 2.54 bits per heavy atom. The van der Waals surface area contributed by atoms with Crippen molar-refractivity contribution in [3.8, 4) is 5.75 Å². The highest BCUT2D eigenvalue weighted by atomic mass is 16.5. The summed E-state index contributed by atoms with van der Waals surface area (Å²) in [5, 5.41) is 12.2. The van der Waals surface area contributed by atoms with E-state index in [2.05, 4.69) is 20.5 Å². The van der Waals surface area contributed by atoms with E-state index in [4.69, 9.17) is 9.47 Å². The van der Waals surface area contributed by atoms with E-state index in [0.29, 0.717) is 18.0 Å². The lowest BCUT2D eigenvalue weighted by Crippen LogP contribution is -2.38. The Kier molecular flexibility index (Phi) is 7.47. The van der Waals surface area contributed by atoms with Crippen molar-refractivity contribution in [2.24, 2.45) is 12.2 Å². The lowest BCUT2D eigenvalue weighted by atomic mass is 9.92. The molecule has 1 N–H and O–H groups in total. The Hall–Kier alpha value is -3.30. The van der Waals surface area contributed by atoms with Gasteiger partial charge in [-0.2, -0.15) is 5.10 Å². The van der Waals surface area contributed by atoms with E-state index in [1.807, 2.05) is 51.1 Å². The maximum Gasteiger partial charge on any atom is 0.259 e. The number of benzene rings is 2. The summed E-state index contributed by atoms with van der Waals surface area (Å²) >= 11 is 0. The van der Waals surface area contributed by atoms with Crippen molar-refractivity contribution in [3.05, 3.63) is 58.8 Å². The lowest BCUT2D eigenvalue weighted by Gasteiger charge is -2.26. The number of fused-ring (bicyclic) bond motifs is 1. The summed E-state index contributed by atoms with van der Waals surface area (Å²) in [5.41, 5.74) is 1.63. The van der Waals surface area contributed by atoms with Crippen molar-refractivity contribution < 1.29 is 14.3 Å². The van der Waals surface area contributed by atoms with Crippen LogP contribution in [0.4, 0.5) is 5.69 Å². The molecular formula is C26H33N5O4. The van der Waals surface area contributed by atoms with Crippen LogP contribution in [0.3, 0.4) is 0 Å². The fraction of sp³-hybridized carbons (Fsp3) is 0.462. The van der Waals surface area contributed by atoms with Gasteiger partial charge in [-0.05, 0) is 23.4 Å². The number of carbonyl (C=O) groups is 1. The van der Waals surface area contributed by atoms with Crippen LogP contribution in [-0.4, -0.2) is 60.0 Å². The first-order valence-electron chi connectivity index (χ1n) is 11.9. The van der Waals surface area contributed by atoms with E-state index >= 15 is 0 Å². The number of nitroso groups, excluding NO2 is 1. The highest BCUT2D eigenvalue weighted by Crippen LogP contribution is 2.33. The van der Waals surface area contributed by atoms with Gasteiger partial charge in [0.05, 0.1) is 24.6 Å². The molecular weight excluding hydrogens is 446 g/mol. The number of carbonyl (C=O) groups excluding carboxylic acids is 1. The summed E-state index contributed by atoms with van der Waals surface area (Å²) in [6, 6.07) is 11.9. The van der Waals surface area contributed by atoms with Crippen LogP contribution >= 0.6 is 0 Å². The Morgan fingerprint density at radius 2 is 1.89 bits per heavy atom. The minimum atomic E-state index is -1.22. The molecule has 1 fully saturated rings. The molecule has 1 atom stereocenters. The second kappa shape index (κ2) is 10.5. The molecule has 3 aromatic rings. The second-order valence-corrected chi connectivity index (χ2v) is 9.78. The van der Waals surface area contributed by atoms with Gasteiger partial charge in [-0.3, -0.25) is 14.4 Å². The molecule has 1 saturated heterocycles. The summed E-state index contributed by atoms with van der Waals surface area (Å²) < 4.78 is 13.0. The highest BCUT2D eigenvalue weighted by Gasteiger charge is 2.29. The molecule has 1 amide bonds. The van der Waals surface area contributed by atoms with Gasteiger partial charge < -0.3 is 14.8 Å². The number of aromatic nitrogens is 2. The van der Waals surface area contributed by atoms with E-state index in [1.165, 1.54) is 0 Å². The Morgan fingerprint density at radius 1 is 1.17 bits per heavy atom. The Balaban J connectivity index is 1.52. The number of aryl methyl sites for hydroxylation is 1. The average molecular weight is 480 g/mol. The molecule has 1 aromatic heterocycles. The van der Waals surface area contributed by atoms with Crippen LogP contribution in [0, 0.1) is 4.91 Å². The Bertz CT molecular complexity index is 1190. The van der Waals surface area contributed by atoms with Gasteiger partial charge in [0.1, 0.15) is 12.4 Å². The van der Waals surface area contributed by atoms with Gasteiger partial charge in [-0.1, -0.05) is 45.0 Å². The van der Waals surface area contributed by atoms with E-state index in [0.717, 1.165) is 55.1 Å².